The van der Waals surface area contributed by atoms with E-state index in [0.717, 1.165) is 11.3 Å². The Balaban J connectivity index is 2.42. The second kappa shape index (κ2) is 5.35. The highest BCUT2D eigenvalue weighted by molar-refractivity contribution is 6.21. The standard InChI is InChI=1S/C16H17N5O2/c1-8(17)16(9(2)22)11-5-12-13(6-14(11)23-4)21-10(3)19-20-15(21)7-18-12/h5-7H,17H2,1-4H3. The molecule has 0 aliphatic heterocycles. The minimum atomic E-state index is -0.121. The zero-order chi connectivity index (χ0) is 16.7. The number of nitrogens with zero attached hydrogens (tertiary/aromatic N) is 4. The molecule has 3 rings (SSSR count). The fourth-order valence-electron chi connectivity index (χ4n) is 2.77. The van der Waals surface area contributed by atoms with Gasteiger partial charge in [-0.25, -0.2) is 0 Å². The van der Waals surface area contributed by atoms with Crippen molar-refractivity contribution in [2.75, 3.05) is 7.11 Å². The molecule has 2 heterocycles. The Bertz CT molecular complexity index is 967. The van der Waals surface area contributed by atoms with Gasteiger partial charge in [-0.1, -0.05) is 0 Å². The summed E-state index contributed by atoms with van der Waals surface area (Å²) >= 11 is 0. The van der Waals surface area contributed by atoms with E-state index in [2.05, 4.69) is 15.2 Å². The van der Waals surface area contributed by atoms with Crippen molar-refractivity contribution >= 4 is 28.0 Å². The molecule has 0 saturated heterocycles. The molecule has 0 bridgehead atoms. The first kappa shape index (κ1) is 15.0. The molecule has 7 nitrogen and oxygen atoms in total. The smallest absolute Gasteiger partial charge is 0.179 e. The molecular formula is C16H17N5O2. The molecule has 7 heteroatoms. The van der Waals surface area contributed by atoms with E-state index in [4.69, 9.17) is 10.5 Å². The predicted octanol–water partition coefficient (Wildman–Crippen LogP) is 1.87. The number of hydrogen-bond acceptors (Lipinski definition) is 6. The Morgan fingerprint density at radius 2 is 2.00 bits per heavy atom. The van der Waals surface area contributed by atoms with E-state index in [1.165, 1.54) is 6.92 Å². The Morgan fingerprint density at radius 1 is 1.26 bits per heavy atom. The molecule has 3 aromatic rings. The van der Waals surface area contributed by atoms with Crippen LogP contribution in [0.15, 0.2) is 24.0 Å². The number of carbonyl (C=O) groups is 1. The van der Waals surface area contributed by atoms with Gasteiger partial charge in [0.2, 0.25) is 0 Å². The highest BCUT2D eigenvalue weighted by Crippen LogP contribution is 2.32. The molecule has 2 N–H and O–H groups in total. The summed E-state index contributed by atoms with van der Waals surface area (Å²) in [6.45, 7) is 5.04. The largest absolute Gasteiger partial charge is 0.496 e. The number of aryl methyl sites for hydroxylation is 1. The van der Waals surface area contributed by atoms with Gasteiger partial charge in [0.15, 0.2) is 11.4 Å². The van der Waals surface area contributed by atoms with Crippen LogP contribution < -0.4 is 10.5 Å². The normalized spacial score (nSPS) is 12.5. The number of fused-ring (bicyclic) bond motifs is 3. The summed E-state index contributed by atoms with van der Waals surface area (Å²) in [6, 6.07) is 3.63. The third kappa shape index (κ3) is 2.30. The van der Waals surface area contributed by atoms with Gasteiger partial charge in [-0.2, -0.15) is 0 Å². The van der Waals surface area contributed by atoms with Crippen molar-refractivity contribution in [1.29, 1.82) is 0 Å². The molecular weight excluding hydrogens is 294 g/mol. The summed E-state index contributed by atoms with van der Waals surface area (Å²) in [5.74, 6) is 1.18. The summed E-state index contributed by atoms with van der Waals surface area (Å²) in [5.41, 5.74) is 9.57. The third-order valence-electron chi connectivity index (χ3n) is 3.72. The van der Waals surface area contributed by atoms with Gasteiger partial charge >= 0.3 is 0 Å². The first-order valence-corrected chi connectivity index (χ1v) is 7.10. The molecule has 0 atom stereocenters. The fourth-order valence-corrected chi connectivity index (χ4v) is 2.77. The molecule has 0 fully saturated rings. The summed E-state index contributed by atoms with van der Waals surface area (Å²) in [7, 11) is 1.56. The van der Waals surface area contributed by atoms with Crippen LogP contribution in [-0.2, 0) is 4.79 Å². The van der Waals surface area contributed by atoms with E-state index in [0.29, 0.717) is 33.7 Å². The van der Waals surface area contributed by atoms with Gasteiger partial charge in [0, 0.05) is 22.9 Å². The number of Topliss-reactive ketones (excluding diaryl/α,β-unsaturated/α-hetero) is 1. The Hall–Kier alpha value is -2.96. The van der Waals surface area contributed by atoms with Crippen molar-refractivity contribution in [3.05, 3.63) is 35.4 Å². The lowest BCUT2D eigenvalue weighted by Gasteiger charge is -2.13. The average Bonchev–Trinajstić information content (AvgIpc) is 2.87. The zero-order valence-electron chi connectivity index (χ0n) is 13.4. The highest BCUT2D eigenvalue weighted by atomic mass is 16.5. The first-order chi connectivity index (χ1) is 10.9. The molecule has 0 unspecified atom stereocenters. The van der Waals surface area contributed by atoms with Crippen molar-refractivity contribution in [3.8, 4) is 5.75 Å². The van der Waals surface area contributed by atoms with Gasteiger partial charge in [0.05, 0.1) is 24.3 Å². The molecule has 0 spiro atoms. The average molecular weight is 311 g/mol. The van der Waals surface area contributed by atoms with Crippen molar-refractivity contribution in [3.63, 3.8) is 0 Å². The number of carbonyl (C=O) groups excluding carboxylic acids is 1. The molecule has 0 amide bonds. The fraction of sp³-hybridized carbons (Fsp3) is 0.250. The number of nitrogens with two attached hydrogens (primary N) is 1. The van der Waals surface area contributed by atoms with Crippen molar-refractivity contribution < 1.29 is 9.53 Å². The minimum Gasteiger partial charge on any atom is -0.496 e. The van der Waals surface area contributed by atoms with Crippen LogP contribution in [0.1, 0.15) is 25.2 Å². The van der Waals surface area contributed by atoms with Crippen LogP contribution in [0.5, 0.6) is 5.75 Å². The van der Waals surface area contributed by atoms with Crippen LogP contribution in [0.25, 0.3) is 22.3 Å². The summed E-state index contributed by atoms with van der Waals surface area (Å²) < 4.78 is 7.37. The maximum Gasteiger partial charge on any atom is 0.179 e. The van der Waals surface area contributed by atoms with Gasteiger partial charge in [-0.3, -0.25) is 14.2 Å². The number of rotatable bonds is 3. The van der Waals surface area contributed by atoms with E-state index < -0.39 is 0 Å². The van der Waals surface area contributed by atoms with Crippen LogP contribution in [-0.4, -0.2) is 32.5 Å². The van der Waals surface area contributed by atoms with Crippen molar-refractivity contribution in [1.82, 2.24) is 19.6 Å². The SMILES string of the molecule is COc1cc2c(cc1C(C(C)=O)=C(C)N)ncc1nnc(C)n12. The molecule has 0 saturated carbocycles. The minimum absolute atomic E-state index is 0.121. The maximum absolute atomic E-state index is 12.0. The monoisotopic (exact) mass is 311 g/mol. The summed E-state index contributed by atoms with van der Waals surface area (Å²) in [6.07, 6.45) is 1.64. The molecule has 0 aliphatic rings. The number of hydrogen-bond donors (Lipinski definition) is 1. The van der Waals surface area contributed by atoms with E-state index in [-0.39, 0.29) is 5.78 Å². The highest BCUT2D eigenvalue weighted by Gasteiger charge is 2.18. The quantitative estimate of drug-likeness (QED) is 0.742. The number of aromatic nitrogens is 4. The van der Waals surface area contributed by atoms with Gasteiger partial charge in [-0.05, 0) is 26.8 Å². The first-order valence-electron chi connectivity index (χ1n) is 7.10. The van der Waals surface area contributed by atoms with Crippen LogP contribution in [0, 0.1) is 6.92 Å². The number of benzene rings is 1. The zero-order valence-corrected chi connectivity index (χ0v) is 13.4. The van der Waals surface area contributed by atoms with Crippen molar-refractivity contribution in [2.45, 2.75) is 20.8 Å². The van der Waals surface area contributed by atoms with Crippen LogP contribution in [0.3, 0.4) is 0 Å². The Labute approximate surface area is 132 Å². The van der Waals surface area contributed by atoms with Gasteiger partial charge in [0.1, 0.15) is 11.6 Å². The molecule has 1 aromatic carbocycles. The van der Waals surface area contributed by atoms with E-state index in [9.17, 15) is 4.79 Å². The van der Waals surface area contributed by atoms with E-state index in [1.54, 1.807) is 26.3 Å². The lowest BCUT2D eigenvalue weighted by molar-refractivity contribution is -0.111. The molecule has 0 radical (unpaired) electrons. The second-order valence-electron chi connectivity index (χ2n) is 5.35. The Morgan fingerprint density at radius 3 is 2.61 bits per heavy atom. The molecule has 0 aliphatic carbocycles. The van der Waals surface area contributed by atoms with Crippen molar-refractivity contribution in [2.24, 2.45) is 5.73 Å². The molecule has 2 aromatic heterocycles. The molecule has 118 valence electrons. The third-order valence-corrected chi connectivity index (χ3v) is 3.72. The van der Waals surface area contributed by atoms with Gasteiger partial charge < -0.3 is 10.5 Å². The maximum atomic E-state index is 12.0. The molecule has 23 heavy (non-hydrogen) atoms. The van der Waals surface area contributed by atoms with Crippen LogP contribution >= 0.6 is 0 Å². The Kier molecular flexibility index (Phi) is 3.48. The lowest BCUT2D eigenvalue weighted by Crippen LogP contribution is -2.07. The van der Waals surface area contributed by atoms with Crippen LogP contribution in [0.2, 0.25) is 0 Å². The van der Waals surface area contributed by atoms with E-state index in [1.807, 2.05) is 17.4 Å². The number of methoxy groups -OCH3 is 1. The van der Waals surface area contributed by atoms with Gasteiger partial charge in [-0.15, -0.1) is 10.2 Å². The summed E-state index contributed by atoms with van der Waals surface area (Å²) in [5, 5.41) is 8.13. The number of ether oxygens (including phenoxy) is 1. The second-order valence-corrected chi connectivity index (χ2v) is 5.35. The van der Waals surface area contributed by atoms with Gasteiger partial charge in [0.25, 0.3) is 0 Å². The van der Waals surface area contributed by atoms with E-state index >= 15 is 0 Å². The lowest BCUT2D eigenvalue weighted by atomic mass is 9.99. The predicted molar refractivity (Wildman–Crippen MR) is 87.0 cm³/mol. The summed E-state index contributed by atoms with van der Waals surface area (Å²) in [4.78, 5) is 16.4. The number of allylic oxidation sites excluding steroid dienone is 2. The number of ketones is 1. The topological polar surface area (TPSA) is 95.4 Å². The van der Waals surface area contributed by atoms with Crippen LogP contribution in [0.4, 0.5) is 0 Å².